The second-order valence-corrected chi connectivity index (χ2v) is 7.45. The van der Waals surface area contributed by atoms with Crippen LogP contribution in [0, 0.1) is 0 Å². The minimum Gasteiger partial charge on any atom is -0.395 e. The smallest absolute Gasteiger partial charge is 0.111 e. The van der Waals surface area contributed by atoms with Crippen LogP contribution in [-0.4, -0.2) is 32.8 Å². The van der Waals surface area contributed by atoms with E-state index in [2.05, 4.69) is 53.5 Å². The highest BCUT2D eigenvalue weighted by Gasteiger charge is 2.17. The summed E-state index contributed by atoms with van der Waals surface area (Å²) < 4.78 is 3.14. The molecular formula is C16H24BrN3O. The minimum absolute atomic E-state index is 0.0796. The maximum Gasteiger partial charge on any atom is 0.111 e. The zero-order chi connectivity index (χ0) is 15.6. The molecular weight excluding hydrogens is 330 g/mol. The first-order chi connectivity index (χ1) is 9.80. The van der Waals surface area contributed by atoms with Crippen LogP contribution in [0.1, 0.15) is 33.5 Å². The van der Waals surface area contributed by atoms with Crippen molar-refractivity contribution in [3.8, 4) is 0 Å². The fourth-order valence-corrected chi connectivity index (χ4v) is 3.07. The molecule has 0 aliphatic heterocycles. The third-order valence-electron chi connectivity index (χ3n) is 3.28. The van der Waals surface area contributed by atoms with E-state index in [1.54, 1.807) is 0 Å². The zero-order valence-electron chi connectivity index (χ0n) is 13.2. The molecule has 0 spiro atoms. The van der Waals surface area contributed by atoms with Crippen LogP contribution >= 0.6 is 15.9 Å². The molecule has 116 valence electrons. The Kier molecular flexibility index (Phi) is 5.07. The highest BCUT2D eigenvalue weighted by Crippen LogP contribution is 2.22. The number of aliphatic hydroxyl groups is 1. The van der Waals surface area contributed by atoms with Gasteiger partial charge in [-0.3, -0.25) is 0 Å². The van der Waals surface area contributed by atoms with Gasteiger partial charge in [-0.25, -0.2) is 4.98 Å². The van der Waals surface area contributed by atoms with Gasteiger partial charge in [-0.2, -0.15) is 0 Å². The number of hydrogen-bond acceptors (Lipinski definition) is 3. The highest BCUT2D eigenvalue weighted by molar-refractivity contribution is 9.10. The molecule has 0 bridgehead atoms. The minimum atomic E-state index is 0.0796. The van der Waals surface area contributed by atoms with Crippen molar-refractivity contribution < 1.29 is 5.11 Å². The van der Waals surface area contributed by atoms with Gasteiger partial charge < -0.3 is 15.0 Å². The van der Waals surface area contributed by atoms with Crippen molar-refractivity contribution in [2.24, 2.45) is 0 Å². The lowest BCUT2D eigenvalue weighted by molar-refractivity contribution is 0.274. The summed E-state index contributed by atoms with van der Waals surface area (Å²) in [4.78, 5) is 4.74. The quantitative estimate of drug-likeness (QED) is 0.868. The van der Waals surface area contributed by atoms with Gasteiger partial charge in [-0.05, 0) is 45.9 Å². The normalized spacial score (nSPS) is 13.8. The van der Waals surface area contributed by atoms with Crippen molar-refractivity contribution in [1.82, 2.24) is 14.9 Å². The molecule has 0 amide bonds. The first kappa shape index (κ1) is 16.5. The second-order valence-electron chi connectivity index (χ2n) is 6.54. The van der Waals surface area contributed by atoms with E-state index in [0.717, 1.165) is 27.8 Å². The molecule has 0 saturated heterocycles. The predicted octanol–water partition coefficient (Wildman–Crippen LogP) is 3.11. The molecule has 1 aromatic heterocycles. The molecule has 0 aliphatic carbocycles. The maximum atomic E-state index is 9.32. The summed E-state index contributed by atoms with van der Waals surface area (Å²) in [7, 11) is 0. The summed E-state index contributed by atoms with van der Waals surface area (Å²) >= 11 is 3.48. The van der Waals surface area contributed by atoms with Gasteiger partial charge in [-0.1, -0.05) is 15.9 Å². The Labute approximate surface area is 134 Å². The van der Waals surface area contributed by atoms with E-state index in [1.807, 2.05) is 18.2 Å². The third kappa shape index (κ3) is 4.28. The molecule has 2 N–H and O–H groups in total. The van der Waals surface area contributed by atoms with Gasteiger partial charge in [-0.15, -0.1) is 0 Å². The Morgan fingerprint density at radius 1 is 1.38 bits per heavy atom. The van der Waals surface area contributed by atoms with Gasteiger partial charge in [0.2, 0.25) is 0 Å². The second kappa shape index (κ2) is 6.46. The summed E-state index contributed by atoms with van der Waals surface area (Å²) in [6, 6.07) is 6.41. The number of imidazole rings is 1. The topological polar surface area (TPSA) is 50.1 Å². The summed E-state index contributed by atoms with van der Waals surface area (Å²) in [6.45, 7) is 9.36. The van der Waals surface area contributed by atoms with Crippen molar-refractivity contribution >= 4 is 27.0 Å². The van der Waals surface area contributed by atoms with Crippen LogP contribution in [0.15, 0.2) is 22.7 Å². The third-order valence-corrected chi connectivity index (χ3v) is 3.77. The standard InChI is InChI=1S/C16H24BrN3O/c1-11(19-16(2,3)4)9-15-18-13-10-12(17)5-6-14(13)20(15)7-8-21/h5-6,10-11,19,21H,7-9H2,1-4H3. The maximum absolute atomic E-state index is 9.32. The Balaban J connectivity index is 2.31. The summed E-state index contributed by atoms with van der Waals surface area (Å²) in [5.41, 5.74) is 2.12. The van der Waals surface area contributed by atoms with Crippen molar-refractivity contribution in [3.63, 3.8) is 0 Å². The van der Waals surface area contributed by atoms with Crippen molar-refractivity contribution in [2.75, 3.05) is 6.61 Å². The number of hydrogen-bond donors (Lipinski definition) is 2. The summed E-state index contributed by atoms with van der Waals surface area (Å²) in [6.07, 6.45) is 0.837. The van der Waals surface area contributed by atoms with E-state index < -0.39 is 0 Å². The van der Waals surface area contributed by atoms with E-state index in [4.69, 9.17) is 4.98 Å². The molecule has 1 aromatic carbocycles. The number of nitrogens with zero attached hydrogens (tertiary/aromatic N) is 2. The number of aliphatic hydroxyl groups excluding tert-OH is 1. The lowest BCUT2D eigenvalue weighted by Gasteiger charge is -2.26. The van der Waals surface area contributed by atoms with Gasteiger partial charge in [0.15, 0.2) is 0 Å². The van der Waals surface area contributed by atoms with Crippen LogP contribution in [0.4, 0.5) is 0 Å². The van der Waals surface area contributed by atoms with Gasteiger partial charge in [0.1, 0.15) is 5.82 Å². The van der Waals surface area contributed by atoms with E-state index in [0.29, 0.717) is 12.6 Å². The van der Waals surface area contributed by atoms with E-state index >= 15 is 0 Å². The molecule has 0 fully saturated rings. The summed E-state index contributed by atoms with van der Waals surface area (Å²) in [5, 5.41) is 12.9. The Morgan fingerprint density at radius 3 is 2.71 bits per heavy atom. The Hall–Kier alpha value is -0.910. The molecule has 4 nitrogen and oxygen atoms in total. The van der Waals surface area contributed by atoms with Gasteiger partial charge in [0.05, 0.1) is 17.6 Å². The molecule has 1 heterocycles. The number of fused-ring (bicyclic) bond motifs is 1. The number of rotatable bonds is 5. The SMILES string of the molecule is CC(Cc1nc2cc(Br)ccc2n1CCO)NC(C)(C)C. The molecule has 21 heavy (non-hydrogen) atoms. The van der Waals surface area contributed by atoms with Crippen LogP contribution in [0.2, 0.25) is 0 Å². The number of halogens is 1. The molecule has 2 aromatic rings. The van der Waals surface area contributed by atoms with Crippen molar-refractivity contribution in [1.29, 1.82) is 0 Å². The molecule has 2 rings (SSSR count). The monoisotopic (exact) mass is 353 g/mol. The van der Waals surface area contributed by atoms with Crippen LogP contribution in [0.25, 0.3) is 11.0 Å². The fraction of sp³-hybridized carbons (Fsp3) is 0.562. The number of benzene rings is 1. The molecule has 1 unspecified atom stereocenters. The molecule has 1 atom stereocenters. The van der Waals surface area contributed by atoms with Crippen LogP contribution in [0.3, 0.4) is 0 Å². The van der Waals surface area contributed by atoms with Gasteiger partial charge >= 0.3 is 0 Å². The lowest BCUT2D eigenvalue weighted by Crippen LogP contribution is -2.43. The predicted molar refractivity (Wildman–Crippen MR) is 90.6 cm³/mol. The molecule has 0 aliphatic rings. The van der Waals surface area contributed by atoms with Crippen LogP contribution < -0.4 is 5.32 Å². The van der Waals surface area contributed by atoms with Crippen molar-refractivity contribution in [3.05, 3.63) is 28.5 Å². The van der Waals surface area contributed by atoms with Crippen LogP contribution in [-0.2, 0) is 13.0 Å². The van der Waals surface area contributed by atoms with E-state index in [9.17, 15) is 5.11 Å². The molecule has 5 heteroatoms. The average Bonchev–Trinajstić information content (AvgIpc) is 2.64. The van der Waals surface area contributed by atoms with E-state index in [1.165, 1.54) is 0 Å². The highest BCUT2D eigenvalue weighted by atomic mass is 79.9. The number of aromatic nitrogens is 2. The van der Waals surface area contributed by atoms with E-state index in [-0.39, 0.29) is 12.1 Å². The summed E-state index contributed by atoms with van der Waals surface area (Å²) in [5.74, 6) is 1.02. The Bertz CT molecular complexity index is 616. The first-order valence-electron chi connectivity index (χ1n) is 7.33. The first-order valence-corrected chi connectivity index (χ1v) is 8.12. The largest absolute Gasteiger partial charge is 0.395 e. The average molecular weight is 354 g/mol. The Morgan fingerprint density at radius 2 is 2.10 bits per heavy atom. The zero-order valence-corrected chi connectivity index (χ0v) is 14.7. The molecule has 0 saturated carbocycles. The lowest BCUT2D eigenvalue weighted by atomic mass is 10.1. The van der Waals surface area contributed by atoms with Gasteiger partial charge in [0.25, 0.3) is 0 Å². The number of nitrogens with one attached hydrogen (secondary N) is 1. The van der Waals surface area contributed by atoms with Crippen molar-refractivity contribution in [2.45, 2.75) is 52.2 Å². The molecule has 0 radical (unpaired) electrons. The van der Waals surface area contributed by atoms with Gasteiger partial charge in [0, 0.05) is 29.0 Å². The fourth-order valence-electron chi connectivity index (χ4n) is 2.72. The van der Waals surface area contributed by atoms with Crippen LogP contribution in [0.5, 0.6) is 0 Å².